The molecule has 0 rings (SSSR count). The lowest BCUT2D eigenvalue weighted by atomic mass is 10.0. The summed E-state index contributed by atoms with van der Waals surface area (Å²) in [5, 5.41) is 2.78. The summed E-state index contributed by atoms with van der Waals surface area (Å²) in [4.78, 5) is 11.0. The van der Waals surface area contributed by atoms with E-state index in [1.807, 2.05) is 13.8 Å². The molecule has 0 aliphatic carbocycles. The highest BCUT2D eigenvalue weighted by Gasteiger charge is 2.31. The molecular formula is C11H25NO4. The maximum atomic E-state index is 11.0. The summed E-state index contributed by atoms with van der Waals surface area (Å²) < 4.78 is 15.1. The molecule has 1 N–H and O–H groups in total. The summed E-state index contributed by atoms with van der Waals surface area (Å²) in [5.74, 6) is -0.129. The molecule has 16 heavy (non-hydrogen) atoms. The molecule has 0 spiro atoms. The molecule has 0 aromatic rings. The van der Waals surface area contributed by atoms with Crippen molar-refractivity contribution in [2.24, 2.45) is 0 Å². The summed E-state index contributed by atoms with van der Waals surface area (Å²) in [6, 6.07) is 0. The van der Waals surface area contributed by atoms with Crippen LogP contribution in [-0.4, -0.2) is 52.6 Å². The van der Waals surface area contributed by atoms with Gasteiger partial charge in [-0.3, -0.25) is 4.79 Å². The first kappa shape index (κ1) is 17.7. The fourth-order valence-corrected chi connectivity index (χ4v) is 1.44. The average Bonchev–Trinajstić information content (AvgIpc) is 2.20. The van der Waals surface area contributed by atoms with Crippen LogP contribution in [0.3, 0.4) is 0 Å². The second-order valence-corrected chi connectivity index (χ2v) is 3.26. The summed E-state index contributed by atoms with van der Waals surface area (Å²) in [6.07, 6.45) is 0. The topological polar surface area (TPSA) is 56.8 Å². The quantitative estimate of drug-likeness (QED) is 0.710. The van der Waals surface area contributed by atoms with E-state index in [-0.39, 0.29) is 5.91 Å². The maximum absolute atomic E-state index is 11.0. The lowest BCUT2D eigenvalue weighted by Gasteiger charge is -2.32. The molecule has 0 bridgehead atoms. The minimum absolute atomic E-state index is 0.129. The molecule has 0 aliphatic rings. The van der Waals surface area contributed by atoms with Gasteiger partial charge >= 0.3 is 0 Å². The van der Waals surface area contributed by atoms with Crippen LogP contribution in [0.5, 0.6) is 0 Å². The molecule has 0 aromatic carbocycles. The predicted molar refractivity (Wildman–Crippen MR) is 63.5 cm³/mol. The van der Waals surface area contributed by atoms with E-state index in [1.165, 1.54) is 6.92 Å². The zero-order valence-corrected chi connectivity index (χ0v) is 11.3. The molecule has 0 fully saturated rings. The van der Waals surface area contributed by atoms with E-state index in [0.717, 1.165) is 0 Å². The Morgan fingerprint density at radius 1 is 1.00 bits per heavy atom. The second kappa shape index (κ2) is 10.9. The second-order valence-electron chi connectivity index (χ2n) is 3.26. The smallest absolute Gasteiger partial charge is 0.217 e. The average molecular weight is 235 g/mol. The standard InChI is InChI=1S/C9H19NO4.C2H6/c1-8(11)10-9(5-12-2,6-13-3)7-14-4;1-2/h5-7H2,1-4H3,(H,10,11);1-2H3. The highest BCUT2D eigenvalue weighted by atomic mass is 16.5. The summed E-state index contributed by atoms with van der Waals surface area (Å²) in [6.45, 7) is 6.52. The van der Waals surface area contributed by atoms with Crippen molar-refractivity contribution in [3.05, 3.63) is 0 Å². The lowest BCUT2D eigenvalue weighted by Crippen LogP contribution is -2.57. The van der Waals surface area contributed by atoms with Crippen LogP contribution in [0.2, 0.25) is 0 Å². The molecule has 0 heterocycles. The molecule has 0 atom stereocenters. The lowest BCUT2D eigenvalue weighted by molar-refractivity contribution is -0.124. The highest BCUT2D eigenvalue weighted by molar-refractivity contribution is 5.73. The number of hydrogen-bond donors (Lipinski definition) is 1. The molecule has 0 saturated heterocycles. The van der Waals surface area contributed by atoms with Crippen LogP contribution in [0.25, 0.3) is 0 Å². The minimum atomic E-state index is -0.593. The number of rotatable bonds is 7. The first-order valence-electron chi connectivity index (χ1n) is 5.36. The van der Waals surface area contributed by atoms with E-state index in [2.05, 4.69) is 5.32 Å². The van der Waals surface area contributed by atoms with Crippen LogP contribution >= 0.6 is 0 Å². The zero-order valence-electron chi connectivity index (χ0n) is 11.3. The Hall–Kier alpha value is -0.650. The summed E-state index contributed by atoms with van der Waals surface area (Å²) in [5.41, 5.74) is -0.593. The van der Waals surface area contributed by atoms with Crippen molar-refractivity contribution >= 4 is 5.91 Å². The SMILES string of the molecule is CC.COCC(COC)(COC)NC(C)=O. The number of carbonyl (C=O) groups is 1. The first-order valence-corrected chi connectivity index (χ1v) is 5.36. The third-order valence-electron chi connectivity index (χ3n) is 1.70. The van der Waals surface area contributed by atoms with Gasteiger partial charge in [0, 0.05) is 28.3 Å². The number of carbonyl (C=O) groups excluding carboxylic acids is 1. The Morgan fingerprint density at radius 3 is 1.50 bits per heavy atom. The van der Waals surface area contributed by atoms with Crippen LogP contribution in [0.1, 0.15) is 20.8 Å². The number of methoxy groups -OCH3 is 3. The fourth-order valence-electron chi connectivity index (χ4n) is 1.44. The highest BCUT2D eigenvalue weighted by Crippen LogP contribution is 2.07. The van der Waals surface area contributed by atoms with Crippen LogP contribution in [0.15, 0.2) is 0 Å². The number of nitrogens with one attached hydrogen (secondary N) is 1. The predicted octanol–water partition coefficient (Wildman–Crippen LogP) is 0.827. The first-order chi connectivity index (χ1) is 7.60. The summed E-state index contributed by atoms with van der Waals surface area (Å²) >= 11 is 0. The largest absolute Gasteiger partial charge is 0.382 e. The van der Waals surface area contributed by atoms with Crippen LogP contribution < -0.4 is 5.32 Å². The van der Waals surface area contributed by atoms with E-state index >= 15 is 0 Å². The normalized spacial score (nSPS) is 10.4. The van der Waals surface area contributed by atoms with Gasteiger partial charge in [0.1, 0.15) is 5.54 Å². The van der Waals surface area contributed by atoms with Gasteiger partial charge in [-0.1, -0.05) is 13.8 Å². The number of ether oxygens (including phenoxy) is 3. The summed E-state index contributed by atoms with van der Waals surface area (Å²) in [7, 11) is 4.71. The number of amides is 1. The van der Waals surface area contributed by atoms with Crippen molar-refractivity contribution in [2.45, 2.75) is 26.3 Å². The van der Waals surface area contributed by atoms with Crippen molar-refractivity contribution in [1.82, 2.24) is 5.32 Å². The van der Waals surface area contributed by atoms with Crippen molar-refractivity contribution in [1.29, 1.82) is 0 Å². The van der Waals surface area contributed by atoms with Gasteiger partial charge in [-0.2, -0.15) is 0 Å². The molecule has 0 aromatic heterocycles. The molecule has 98 valence electrons. The van der Waals surface area contributed by atoms with Crippen molar-refractivity contribution in [3.63, 3.8) is 0 Å². The van der Waals surface area contributed by atoms with E-state index in [9.17, 15) is 4.79 Å². The molecule has 5 nitrogen and oxygen atoms in total. The molecule has 0 radical (unpaired) electrons. The van der Waals surface area contributed by atoms with E-state index in [1.54, 1.807) is 21.3 Å². The Balaban J connectivity index is 0. The Bertz CT molecular complexity index is 156. The van der Waals surface area contributed by atoms with Crippen LogP contribution in [0, 0.1) is 0 Å². The molecule has 0 unspecified atom stereocenters. The van der Waals surface area contributed by atoms with Crippen molar-refractivity contribution in [2.75, 3.05) is 41.2 Å². The minimum Gasteiger partial charge on any atom is -0.382 e. The molecule has 1 amide bonds. The van der Waals surface area contributed by atoms with E-state index in [4.69, 9.17) is 14.2 Å². The third-order valence-corrected chi connectivity index (χ3v) is 1.70. The van der Waals surface area contributed by atoms with Gasteiger partial charge in [-0.25, -0.2) is 0 Å². The molecule has 5 heteroatoms. The van der Waals surface area contributed by atoms with Crippen LogP contribution in [0.4, 0.5) is 0 Å². The zero-order chi connectivity index (χ0) is 13.0. The van der Waals surface area contributed by atoms with Gasteiger partial charge in [-0.15, -0.1) is 0 Å². The molecule has 0 saturated carbocycles. The Morgan fingerprint density at radius 2 is 1.31 bits per heavy atom. The van der Waals surface area contributed by atoms with Gasteiger partial charge in [0.25, 0.3) is 0 Å². The van der Waals surface area contributed by atoms with Crippen molar-refractivity contribution in [3.8, 4) is 0 Å². The van der Waals surface area contributed by atoms with Gasteiger partial charge in [0.15, 0.2) is 0 Å². The Labute approximate surface area is 98.4 Å². The fraction of sp³-hybridized carbons (Fsp3) is 0.909. The number of hydrogen-bond acceptors (Lipinski definition) is 4. The van der Waals surface area contributed by atoms with Gasteiger partial charge in [0.2, 0.25) is 5.91 Å². The monoisotopic (exact) mass is 235 g/mol. The van der Waals surface area contributed by atoms with E-state index < -0.39 is 5.54 Å². The van der Waals surface area contributed by atoms with E-state index in [0.29, 0.717) is 19.8 Å². The van der Waals surface area contributed by atoms with Gasteiger partial charge in [0.05, 0.1) is 19.8 Å². The van der Waals surface area contributed by atoms with Crippen LogP contribution in [-0.2, 0) is 19.0 Å². The van der Waals surface area contributed by atoms with Gasteiger partial charge < -0.3 is 19.5 Å². The Kier molecular flexibility index (Phi) is 12.0. The van der Waals surface area contributed by atoms with Gasteiger partial charge in [-0.05, 0) is 0 Å². The molecule has 0 aliphatic heterocycles. The maximum Gasteiger partial charge on any atom is 0.217 e. The van der Waals surface area contributed by atoms with Crippen molar-refractivity contribution < 1.29 is 19.0 Å². The molecular weight excluding hydrogens is 210 g/mol. The third kappa shape index (κ3) is 7.62.